The summed E-state index contributed by atoms with van der Waals surface area (Å²) in [6, 6.07) is 14.8. The van der Waals surface area contributed by atoms with Crippen LogP contribution in [0.3, 0.4) is 0 Å². The van der Waals surface area contributed by atoms with Gasteiger partial charge in [0, 0.05) is 45.8 Å². The Morgan fingerprint density at radius 1 is 1.07 bits per heavy atom. The second kappa shape index (κ2) is 7.97. The van der Waals surface area contributed by atoms with E-state index in [0.29, 0.717) is 11.8 Å². The van der Waals surface area contributed by atoms with Crippen molar-refractivity contribution >= 4 is 49.5 Å². The molecular formula is C22H21N3OS3. The summed E-state index contributed by atoms with van der Waals surface area (Å²) in [6.45, 7) is 2.98. The van der Waals surface area contributed by atoms with Gasteiger partial charge in [-0.1, -0.05) is 36.4 Å². The van der Waals surface area contributed by atoms with Crippen molar-refractivity contribution in [2.45, 2.75) is 19.4 Å². The van der Waals surface area contributed by atoms with Crippen LogP contribution in [0.5, 0.6) is 0 Å². The minimum Gasteiger partial charge on any atom is -0.352 e. The lowest BCUT2D eigenvalue weighted by Gasteiger charge is -2.29. The SMILES string of the molecule is C[C@H]1CC[S@](=O)CCN1c1nc(-c2cccs2)nc2scc(-c3ccccc3)c12. The summed E-state index contributed by atoms with van der Waals surface area (Å²) in [6.07, 6.45) is 0.914. The van der Waals surface area contributed by atoms with Crippen LogP contribution in [-0.2, 0) is 10.8 Å². The molecule has 1 saturated heterocycles. The topological polar surface area (TPSA) is 46.1 Å². The van der Waals surface area contributed by atoms with Gasteiger partial charge in [0.2, 0.25) is 0 Å². The number of fused-ring (bicyclic) bond motifs is 1. The van der Waals surface area contributed by atoms with Crippen LogP contribution in [-0.4, -0.2) is 38.3 Å². The molecule has 2 atom stereocenters. The van der Waals surface area contributed by atoms with Crippen molar-refractivity contribution in [1.82, 2.24) is 9.97 Å². The van der Waals surface area contributed by atoms with E-state index in [9.17, 15) is 4.21 Å². The number of hydrogen-bond donors (Lipinski definition) is 0. The van der Waals surface area contributed by atoms with Crippen molar-refractivity contribution in [3.8, 4) is 21.8 Å². The van der Waals surface area contributed by atoms with Gasteiger partial charge in [-0.3, -0.25) is 4.21 Å². The zero-order chi connectivity index (χ0) is 19.8. The molecule has 0 aliphatic carbocycles. The van der Waals surface area contributed by atoms with Gasteiger partial charge in [0.25, 0.3) is 0 Å². The largest absolute Gasteiger partial charge is 0.352 e. The van der Waals surface area contributed by atoms with E-state index in [2.05, 4.69) is 52.9 Å². The molecule has 5 rings (SSSR count). The Bertz CT molecular complexity index is 1150. The van der Waals surface area contributed by atoms with Crippen LogP contribution in [0.15, 0.2) is 53.2 Å². The summed E-state index contributed by atoms with van der Waals surface area (Å²) >= 11 is 3.33. The van der Waals surface area contributed by atoms with Crippen molar-refractivity contribution in [2.24, 2.45) is 0 Å². The Morgan fingerprint density at radius 3 is 2.72 bits per heavy atom. The predicted octanol–water partition coefficient (Wildman–Crippen LogP) is 5.43. The highest BCUT2D eigenvalue weighted by Gasteiger charge is 2.26. The highest BCUT2D eigenvalue weighted by molar-refractivity contribution is 7.85. The first-order valence-electron chi connectivity index (χ1n) is 9.71. The molecule has 0 radical (unpaired) electrons. The van der Waals surface area contributed by atoms with Gasteiger partial charge < -0.3 is 4.90 Å². The van der Waals surface area contributed by atoms with E-state index in [4.69, 9.17) is 9.97 Å². The fourth-order valence-corrected chi connectivity index (χ4v) is 6.58. The number of rotatable bonds is 3. The molecule has 148 valence electrons. The molecule has 0 spiro atoms. The molecule has 0 N–H and O–H groups in total. The molecule has 1 fully saturated rings. The Kier molecular flexibility index (Phi) is 5.20. The highest BCUT2D eigenvalue weighted by atomic mass is 32.2. The molecule has 1 aliphatic rings. The summed E-state index contributed by atoms with van der Waals surface area (Å²) in [5, 5.41) is 5.36. The minimum atomic E-state index is -0.753. The van der Waals surface area contributed by atoms with Gasteiger partial charge in [0.05, 0.1) is 10.3 Å². The Hall–Kier alpha value is -2.09. The monoisotopic (exact) mass is 439 g/mol. The standard InChI is InChI=1S/C22H21N3OS3/c1-15-9-12-29(26)13-10-25(15)21-19-17(16-6-3-2-4-7-16)14-28-22(19)24-20(23-21)18-8-5-11-27-18/h2-8,11,14-15H,9-10,12-13H2,1H3/t15-,29-/m0/s1. The molecule has 1 aliphatic heterocycles. The third-order valence-electron chi connectivity index (χ3n) is 5.37. The number of aromatic nitrogens is 2. The van der Waals surface area contributed by atoms with Crippen LogP contribution in [0.25, 0.3) is 32.0 Å². The van der Waals surface area contributed by atoms with Crippen LogP contribution >= 0.6 is 22.7 Å². The van der Waals surface area contributed by atoms with Crippen LogP contribution in [0.1, 0.15) is 13.3 Å². The van der Waals surface area contributed by atoms with Gasteiger partial charge in [-0.25, -0.2) is 9.97 Å². The van der Waals surface area contributed by atoms with E-state index in [0.717, 1.165) is 45.5 Å². The van der Waals surface area contributed by atoms with Gasteiger partial charge in [-0.2, -0.15) is 0 Å². The van der Waals surface area contributed by atoms with Crippen molar-refractivity contribution in [2.75, 3.05) is 23.0 Å². The van der Waals surface area contributed by atoms with Gasteiger partial charge in [0.1, 0.15) is 10.6 Å². The molecule has 4 nitrogen and oxygen atoms in total. The number of thiophene rings is 2. The third-order valence-corrected chi connectivity index (χ3v) is 8.44. The van der Waals surface area contributed by atoms with Crippen LogP contribution in [0.2, 0.25) is 0 Å². The maximum atomic E-state index is 12.2. The molecule has 29 heavy (non-hydrogen) atoms. The van der Waals surface area contributed by atoms with Gasteiger partial charge in [0.15, 0.2) is 5.82 Å². The highest BCUT2D eigenvalue weighted by Crippen LogP contribution is 2.40. The Morgan fingerprint density at radius 2 is 1.93 bits per heavy atom. The first kappa shape index (κ1) is 18.9. The van der Waals surface area contributed by atoms with E-state index in [1.165, 1.54) is 11.1 Å². The molecular weight excluding hydrogens is 418 g/mol. The number of anilines is 1. The van der Waals surface area contributed by atoms with E-state index in [1.54, 1.807) is 22.7 Å². The number of nitrogens with zero attached hydrogens (tertiary/aromatic N) is 3. The summed E-state index contributed by atoms with van der Waals surface area (Å²) in [7, 11) is -0.753. The smallest absolute Gasteiger partial charge is 0.173 e. The molecule has 1 aromatic carbocycles. The first-order valence-corrected chi connectivity index (χ1v) is 13.0. The average molecular weight is 440 g/mol. The quantitative estimate of drug-likeness (QED) is 0.427. The van der Waals surface area contributed by atoms with E-state index in [1.807, 2.05) is 12.1 Å². The van der Waals surface area contributed by atoms with Crippen molar-refractivity contribution < 1.29 is 4.21 Å². The van der Waals surface area contributed by atoms with E-state index in [-0.39, 0.29) is 0 Å². The second-order valence-corrected chi connectivity index (χ2v) is 10.7. The number of benzene rings is 1. The lowest BCUT2D eigenvalue weighted by atomic mass is 10.1. The van der Waals surface area contributed by atoms with E-state index < -0.39 is 10.8 Å². The van der Waals surface area contributed by atoms with Crippen molar-refractivity contribution in [3.63, 3.8) is 0 Å². The summed E-state index contributed by atoms with van der Waals surface area (Å²) < 4.78 is 12.2. The predicted molar refractivity (Wildman–Crippen MR) is 125 cm³/mol. The van der Waals surface area contributed by atoms with Crippen LogP contribution in [0, 0.1) is 0 Å². The number of hydrogen-bond acceptors (Lipinski definition) is 6. The zero-order valence-corrected chi connectivity index (χ0v) is 18.5. The third kappa shape index (κ3) is 3.63. The van der Waals surface area contributed by atoms with Crippen molar-refractivity contribution in [3.05, 3.63) is 53.2 Å². The summed E-state index contributed by atoms with van der Waals surface area (Å²) in [5.41, 5.74) is 2.36. The molecule has 3 aromatic heterocycles. The first-order chi connectivity index (χ1) is 14.2. The maximum absolute atomic E-state index is 12.2. The maximum Gasteiger partial charge on any atom is 0.173 e. The normalized spacial score (nSPS) is 20.1. The lowest BCUT2D eigenvalue weighted by molar-refractivity contribution is 0.639. The lowest BCUT2D eigenvalue weighted by Crippen LogP contribution is -2.34. The molecule has 0 saturated carbocycles. The fraction of sp³-hybridized carbons (Fsp3) is 0.273. The fourth-order valence-electron chi connectivity index (χ4n) is 3.77. The molecule has 4 aromatic rings. The summed E-state index contributed by atoms with van der Waals surface area (Å²) in [5.74, 6) is 3.21. The Balaban J connectivity index is 1.74. The molecule has 0 bridgehead atoms. The molecule has 0 unspecified atom stereocenters. The zero-order valence-electron chi connectivity index (χ0n) is 16.1. The van der Waals surface area contributed by atoms with Gasteiger partial charge >= 0.3 is 0 Å². The molecule has 0 amide bonds. The van der Waals surface area contributed by atoms with Gasteiger partial charge in [-0.05, 0) is 30.4 Å². The van der Waals surface area contributed by atoms with E-state index >= 15 is 0 Å². The van der Waals surface area contributed by atoms with Gasteiger partial charge in [-0.15, -0.1) is 22.7 Å². The average Bonchev–Trinajstić information content (AvgIpc) is 3.39. The minimum absolute atomic E-state index is 0.291. The second-order valence-electron chi connectivity index (χ2n) is 7.22. The van der Waals surface area contributed by atoms with Crippen molar-refractivity contribution in [1.29, 1.82) is 0 Å². The Labute approximate surface area is 180 Å². The molecule has 4 heterocycles. The summed E-state index contributed by atoms with van der Waals surface area (Å²) in [4.78, 5) is 14.4. The van der Waals surface area contributed by atoms with Crippen LogP contribution in [0.4, 0.5) is 5.82 Å². The van der Waals surface area contributed by atoms with Crippen LogP contribution < -0.4 is 4.90 Å². The molecule has 7 heteroatoms.